The number of nitrogens with zero attached hydrogens (tertiary/aromatic N) is 4. The van der Waals surface area contributed by atoms with Gasteiger partial charge < -0.3 is 9.80 Å². The van der Waals surface area contributed by atoms with Crippen LogP contribution in [-0.4, -0.2) is 48.6 Å². The van der Waals surface area contributed by atoms with E-state index in [1.54, 1.807) is 0 Å². The van der Waals surface area contributed by atoms with Crippen molar-refractivity contribution in [3.8, 4) is 0 Å². The third-order valence-corrected chi connectivity index (χ3v) is 3.09. The van der Waals surface area contributed by atoms with Gasteiger partial charge in [-0.25, -0.2) is 9.97 Å². The zero-order valence-electron chi connectivity index (χ0n) is 11.8. The van der Waals surface area contributed by atoms with Crippen LogP contribution in [0.15, 0.2) is 6.20 Å². The van der Waals surface area contributed by atoms with Crippen LogP contribution in [0.2, 0.25) is 0 Å². The van der Waals surface area contributed by atoms with Gasteiger partial charge in [-0.2, -0.15) is 0 Å². The predicted octanol–water partition coefficient (Wildman–Crippen LogP) is 2.30. The molecule has 1 aromatic heterocycles. The van der Waals surface area contributed by atoms with Crippen molar-refractivity contribution < 1.29 is 0 Å². The minimum atomic E-state index is 0.470. The summed E-state index contributed by atoms with van der Waals surface area (Å²) in [6, 6.07) is 0. The maximum Gasteiger partial charge on any atom is 0.225 e. The summed E-state index contributed by atoms with van der Waals surface area (Å²) in [4.78, 5) is 13.4. The quantitative estimate of drug-likeness (QED) is 0.712. The molecule has 0 spiro atoms. The van der Waals surface area contributed by atoms with Gasteiger partial charge in [0.15, 0.2) is 0 Å². The Kier molecular flexibility index (Phi) is 6.36. The first kappa shape index (κ1) is 15.2. The molecule has 0 saturated carbocycles. The van der Waals surface area contributed by atoms with Gasteiger partial charge in [-0.1, -0.05) is 6.92 Å². The van der Waals surface area contributed by atoms with Crippen LogP contribution in [0.4, 0.5) is 5.95 Å². The molecule has 0 atom stereocenters. The molecule has 18 heavy (non-hydrogen) atoms. The number of rotatable bonds is 7. The highest BCUT2D eigenvalue weighted by atomic mass is 35.5. The second-order valence-corrected chi connectivity index (χ2v) is 4.97. The summed E-state index contributed by atoms with van der Waals surface area (Å²) in [6.07, 6.45) is 2.93. The van der Waals surface area contributed by atoms with Crippen molar-refractivity contribution in [1.82, 2.24) is 14.9 Å². The third kappa shape index (κ3) is 4.42. The Labute approximate surface area is 115 Å². The van der Waals surface area contributed by atoms with Crippen LogP contribution < -0.4 is 4.90 Å². The van der Waals surface area contributed by atoms with Gasteiger partial charge in [0, 0.05) is 37.1 Å². The van der Waals surface area contributed by atoms with Gasteiger partial charge in [-0.3, -0.25) is 0 Å². The van der Waals surface area contributed by atoms with Crippen molar-refractivity contribution in [1.29, 1.82) is 0 Å². The highest BCUT2D eigenvalue weighted by Gasteiger charge is 2.10. The third-order valence-electron chi connectivity index (χ3n) is 2.81. The Bertz CT molecular complexity index is 368. The summed E-state index contributed by atoms with van der Waals surface area (Å²) in [5.74, 6) is 1.28. The minimum Gasteiger partial charge on any atom is -0.340 e. The summed E-state index contributed by atoms with van der Waals surface area (Å²) in [7, 11) is 4.15. The normalized spacial score (nSPS) is 11.0. The van der Waals surface area contributed by atoms with Crippen molar-refractivity contribution in [2.45, 2.75) is 26.1 Å². The molecule has 0 aromatic carbocycles. The van der Waals surface area contributed by atoms with Crippen LogP contribution >= 0.6 is 11.6 Å². The monoisotopic (exact) mass is 270 g/mol. The van der Waals surface area contributed by atoms with E-state index in [1.165, 1.54) is 0 Å². The van der Waals surface area contributed by atoms with Gasteiger partial charge in [-0.05, 0) is 27.4 Å². The lowest BCUT2D eigenvalue weighted by atomic mass is 10.3. The summed E-state index contributed by atoms with van der Waals surface area (Å²) < 4.78 is 0. The van der Waals surface area contributed by atoms with Crippen LogP contribution in [0.1, 0.15) is 24.6 Å². The van der Waals surface area contributed by atoms with Crippen LogP contribution in [0.3, 0.4) is 0 Å². The molecule has 4 nitrogen and oxygen atoms in total. The molecule has 0 aliphatic carbocycles. The van der Waals surface area contributed by atoms with E-state index in [0.29, 0.717) is 5.88 Å². The van der Waals surface area contributed by atoms with Crippen molar-refractivity contribution in [2.75, 3.05) is 38.6 Å². The van der Waals surface area contributed by atoms with E-state index in [1.807, 2.05) is 13.1 Å². The predicted molar refractivity (Wildman–Crippen MR) is 77.4 cm³/mol. The average Bonchev–Trinajstić information content (AvgIpc) is 2.34. The second kappa shape index (κ2) is 7.54. The number of hydrogen-bond donors (Lipinski definition) is 0. The largest absolute Gasteiger partial charge is 0.340 e. The maximum atomic E-state index is 5.83. The molecule has 102 valence electrons. The van der Waals surface area contributed by atoms with E-state index < -0.39 is 0 Å². The zero-order valence-corrected chi connectivity index (χ0v) is 12.5. The smallest absolute Gasteiger partial charge is 0.225 e. The van der Waals surface area contributed by atoms with Gasteiger partial charge in [0.05, 0.1) is 5.88 Å². The van der Waals surface area contributed by atoms with Crippen LogP contribution in [-0.2, 0) is 5.88 Å². The summed E-state index contributed by atoms with van der Waals surface area (Å²) in [6.45, 7) is 7.08. The molecule has 0 amide bonds. The van der Waals surface area contributed by atoms with Gasteiger partial charge >= 0.3 is 0 Å². The lowest BCUT2D eigenvalue weighted by Gasteiger charge is -2.24. The molecule has 0 fully saturated rings. The van der Waals surface area contributed by atoms with Crippen LogP contribution in [0.25, 0.3) is 0 Å². The lowest BCUT2D eigenvalue weighted by Crippen LogP contribution is -2.33. The van der Waals surface area contributed by atoms with Gasteiger partial charge in [0.25, 0.3) is 0 Å². The number of likely N-dealkylation sites (N-methyl/N-ethyl adjacent to an activating group) is 1. The van der Waals surface area contributed by atoms with E-state index in [4.69, 9.17) is 11.6 Å². The molecular weight excluding hydrogens is 248 g/mol. The molecule has 0 N–H and O–H groups in total. The SMILES string of the molecule is CCCN(CCN(C)C)c1ncc(CCl)c(C)n1. The first-order valence-corrected chi connectivity index (χ1v) is 6.90. The van der Waals surface area contributed by atoms with Gasteiger partial charge in [-0.15, -0.1) is 11.6 Å². The summed E-state index contributed by atoms with van der Waals surface area (Å²) in [5.41, 5.74) is 1.98. The van der Waals surface area contributed by atoms with E-state index in [2.05, 4.69) is 40.8 Å². The van der Waals surface area contributed by atoms with E-state index in [9.17, 15) is 0 Å². The average molecular weight is 271 g/mol. The number of alkyl halides is 1. The van der Waals surface area contributed by atoms with Crippen molar-refractivity contribution in [2.24, 2.45) is 0 Å². The number of aromatic nitrogens is 2. The van der Waals surface area contributed by atoms with Crippen LogP contribution in [0.5, 0.6) is 0 Å². The molecule has 0 aliphatic heterocycles. The molecule has 0 aliphatic rings. The molecule has 5 heteroatoms. The highest BCUT2D eigenvalue weighted by Crippen LogP contribution is 2.13. The molecule has 1 rings (SSSR count). The first-order valence-electron chi connectivity index (χ1n) is 6.36. The Hall–Kier alpha value is -0.870. The molecule has 0 saturated heterocycles. The Morgan fingerprint density at radius 3 is 2.44 bits per heavy atom. The maximum absolute atomic E-state index is 5.83. The minimum absolute atomic E-state index is 0.470. The van der Waals surface area contributed by atoms with Crippen LogP contribution in [0, 0.1) is 6.92 Å². The number of halogens is 1. The summed E-state index contributed by atoms with van der Waals surface area (Å²) in [5, 5.41) is 0. The van der Waals surface area contributed by atoms with Gasteiger partial charge in [0.1, 0.15) is 0 Å². The van der Waals surface area contributed by atoms with Crippen molar-refractivity contribution in [3.63, 3.8) is 0 Å². The summed E-state index contributed by atoms with van der Waals surface area (Å²) >= 11 is 5.83. The Morgan fingerprint density at radius 1 is 1.22 bits per heavy atom. The molecule has 0 radical (unpaired) electrons. The molecule has 0 unspecified atom stereocenters. The topological polar surface area (TPSA) is 32.3 Å². The number of hydrogen-bond acceptors (Lipinski definition) is 4. The Balaban J connectivity index is 2.81. The standard InChI is InChI=1S/C13H23ClN4/c1-5-6-18(8-7-17(3)4)13-15-10-12(9-14)11(2)16-13/h10H,5-9H2,1-4H3. The van der Waals surface area contributed by atoms with Crippen molar-refractivity contribution in [3.05, 3.63) is 17.5 Å². The van der Waals surface area contributed by atoms with Crippen molar-refractivity contribution >= 4 is 17.5 Å². The highest BCUT2D eigenvalue weighted by molar-refractivity contribution is 6.17. The molecule has 0 bridgehead atoms. The molecule has 1 heterocycles. The fourth-order valence-corrected chi connectivity index (χ4v) is 1.93. The van der Waals surface area contributed by atoms with E-state index >= 15 is 0 Å². The molecular formula is C13H23ClN4. The number of aryl methyl sites for hydroxylation is 1. The fraction of sp³-hybridized carbons (Fsp3) is 0.692. The van der Waals surface area contributed by atoms with Gasteiger partial charge in [0.2, 0.25) is 5.95 Å². The Morgan fingerprint density at radius 2 is 1.94 bits per heavy atom. The first-order chi connectivity index (χ1) is 8.58. The lowest BCUT2D eigenvalue weighted by molar-refractivity contribution is 0.411. The zero-order chi connectivity index (χ0) is 13.5. The molecule has 1 aromatic rings. The fourth-order valence-electron chi connectivity index (χ4n) is 1.67. The second-order valence-electron chi connectivity index (χ2n) is 4.70. The van der Waals surface area contributed by atoms with E-state index in [-0.39, 0.29) is 0 Å². The van der Waals surface area contributed by atoms with E-state index in [0.717, 1.165) is 43.3 Å². The number of anilines is 1.